The zero-order valence-electron chi connectivity index (χ0n) is 13.3. The molecule has 5 nitrogen and oxygen atoms in total. The molecule has 0 saturated carbocycles. The number of rotatable bonds is 4. The van der Waals surface area contributed by atoms with Gasteiger partial charge >= 0.3 is 0 Å². The first-order valence-corrected chi connectivity index (χ1v) is 8.07. The summed E-state index contributed by atoms with van der Waals surface area (Å²) in [6.07, 6.45) is 1.12. The number of likely N-dealkylation sites (tertiary alicyclic amines) is 1. The number of aryl methyl sites for hydroxylation is 1. The van der Waals surface area contributed by atoms with Gasteiger partial charge in [0.25, 0.3) is 0 Å². The SMILES string of the molecule is Cn1c(C2CCN(Cc3ccc(CO)o3)C2)nc2ccccc21. The fourth-order valence-corrected chi connectivity index (χ4v) is 3.53. The normalized spacial score (nSPS) is 19.0. The van der Waals surface area contributed by atoms with E-state index in [2.05, 4.69) is 34.7 Å². The summed E-state index contributed by atoms with van der Waals surface area (Å²) in [5, 5.41) is 9.08. The number of para-hydroxylation sites is 2. The third-order valence-electron chi connectivity index (χ3n) is 4.71. The highest BCUT2D eigenvalue weighted by atomic mass is 16.4. The van der Waals surface area contributed by atoms with Crippen molar-refractivity contribution in [2.24, 2.45) is 7.05 Å². The molecule has 0 radical (unpaired) electrons. The monoisotopic (exact) mass is 311 g/mol. The topological polar surface area (TPSA) is 54.4 Å². The highest BCUT2D eigenvalue weighted by Gasteiger charge is 2.28. The molecule has 120 valence electrons. The number of aliphatic hydroxyl groups is 1. The van der Waals surface area contributed by atoms with Crippen molar-refractivity contribution in [3.63, 3.8) is 0 Å². The van der Waals surface area contributed by atoms with Crippen molar-refractivity contribution in [3.8, 4) is 0 Å². The Bertz CT molecular complexity index is 821. The van der Waals surface area contributed by atoms with Crippen molar-refractivity contribution in [1.29, 1.82) is 0 Å². The van der Waals surface area contributed by atoms with Gasteiger partial charge in [-0.1, -0.05) is 12.1 Å². The number of furan rings is 1. The third-order valence-corrected chi connectivity index (χ3v) is 4.71. The number of nitrogens with zero attached hydrogens (tertiary/aromatic N) is 3. The van der Waals surface area contributed by atoms with Gasteiger partial charge in [-0.3, -0.25) is 4.90 Å². The predicted octanol–water partition coefficient (Wildman–Crippen LogP) is 2.65. The molecule has 0 amide bonds. The van der Waals surface area contributed by atoms with Crippen LogP contribution in [0.2, 0.25) is 0 Å². The number of aromatic nitrogens is 2. The predicted molar refractivity (Wildman–Crippen MR) is 88.0 cm³/mol. The quantitative estimate of drug-likeness (QED) is 0.805. The Hall–Kier alpha value is -2.11. The second-order valence-corrected chi connectivity index (χ2v) is 6.26. The highest BCUT2D eigenvalue weighted by molar-refractivity contribution is 5.75. The van der Waals surface area contributed by atoms with Gasteiger partial charge in [0.05, 0.1) is 17.6 Å². The van der Waals surface area contributed by atoms with Gasteiger partial charge in [-0.15, -0.1) is 0 Å². The third kappa shape index (κ3) is 2.66. The molecule has 5 heteroatoms. The van der Waals surface area contributed by atoms with Crippen LogP contribution in [-0.2, 0) is 20.2 Å². The summed E-state index contributed by atoms with van der Waals surface area (Å²) in [6.45, 7) is 2.79. The number of hydrogen-bond donors (Lipinski definition) is 1. The van der Waals surface area contributed by atoms with E-state index in [0.717, 1.165) is 37.3 Å². The van der Waals surface area contributed by atoms with E-state index in [1.807, 2.05) is 18.2 Å². The first-order chi connectivity index (χ1) is 11.2. The van der Waals surface area contributed by atoms with E-state index in [4.69, 9.17) is 14.5 Å². The second kappa shape index (κ2) is 5.83. The molecule has 0 spiro atoms. The fourth-order valence-electron chi connectivity index (χ4n) is 3.53. The molecule has 0 aliphatic carbocycles. The Morgan fingerprint density at radius 1 is 1.22 bits per heavy atom. The van der Waals surface area contributed by atoms with Crippen molar-refractivity contribution in [2.45, 2.75) is 25.5 Å². The maximum atomic E-state index is 9.08. The van der Waals surface area contributed by atoms with Gasteiger partial charge < -0.3 is 14.1 Å². The fraction of sp³-hybridized carbons (Fsp3) is 0.389. The lowest BCUT2D eigenvalue weighted by atomic mass is 10.1. The van der Waals surface area contributed by atoms with Crippen LogP contribution >= 0.6 is 0 Å². The molecular weight excluding hydrogens is 290 g/mol. The van der Waals surface area contributed by atoms with Crippen LogP contribution in [0.1, 0.15) is 29.7 Å². The van der Waals surface area contributed by atoms with E-state index in [-0.39, 0.29) is 6.61 Å². The summed E-state index contributed by atoms with van der Waals surface area (Å²) in [6, 6.07) is 12.1. The molecule has 1 aliphatic heterocycles. The van der Waals surface area contributed by atoms with Crippen LogP contribution < -0.4 is 0 Å². The molecule has 1 N–H and O–H groups in total. The summed E-state index contributed by atoms with van der Waals surface area (Å²) >= 11 is 0. The maximum Gasteiger partial charge on any atom is 0.129 e. The molecule has 3 heterocycles. The van der Waals surface area contributed by atoms with Gasteiger partial charge in [0.15, 0.2) is 0 Å². The molecule has 1 atom stereocenters. The summed E-state index contributed by atoms with van der Waals surface area (Å²) < 4.78 is 7.82. The first-order valence-electron chi connectivity index (χ1n) is 8.07. The summed E-state index contributed by atoms with van der Waals surface area (Å²) in [4.78, 5) is 7.23. The second-order valence-electron chi connectivity index (χ2n) is 6.26. The van der Waals surface area contributed by atoms with Gasteiger partial charge in [0, 0.05) is 19.5 Å². The number of aliphatic hydroxyl groups excluding tert-OH is 1. The van der Waals surface area contributed by atoms with E-state index in [9.17, 15) is 0 Å². The molecule has 3 aromatic rings. The Labute approximate surface area is 135 Å². The minimum absolute atomic E-state index is 0.0392. The van der Waals surface area contributed by atoms with E-state index in [1.54, 1.807) is 0 Å². The maximum absolute atomic E-state index is 9.08. The van der Waals surface area contributed by atoms with E-state index < -0.39 is 0 Å². The molecule has 1 aliphatic rings. The van der Waals surface area contributed by atoms with Crippen molar-refractivity contribution >= 4 is 11.0 Å². The van der Waals surface area contributed by atoms with Crippen LogP contribution in [0.5, 0.6) is 0 Å². The Balaban J connectivity index is 1.49. The van der Waals surface area contributed by atoms with Crippen molar-refractivity contribution in [1.82, 2.24) is 14.5 Å². The summed E-state index contributed by atoms with van der Waals surface area (Å²) in [5.41, 5.74) is 2.27. The van der Waals surface area contributed by atoms with Gasteiger partial charge in [-0.05, 0) is 37.2 Å². The van der Waals surface area contributed by atoms with Gasteiger partial charge in [0.1, 0.15) is 24.0 Å². The van der Waals surface area contributed by atoms with Crippen LogP contribution in [0.15, 0.2) is 40.8 Å². The molecule has 4 rings (SSSR count). The summed E-state index contributed by atoms with van der Waals surface area (Å²) in [5.74, 6) is 3.18. The Morgan fingerprint density at radius 3 is 2.83 bits per heavy atom. The highest BCUT2D eigenvalue weighted by Crippen LogP contribution is 2.29. The number of hydrogen-bond acceptors (Lipinski definition) is 4. The average molecular weight is 311 g/mol. The van der Waals surface area contributed by atoms with Gasteiger partial charge in [-0.25, -0.2) is 4.98 Å². The Kier molecular flexibility index (Phi) is 3.67. The molecular formula is C18H21N3O2. The molecule has 0 bridgehead atoms. The number of fused-ring (bicyclic) bond motifs is 1. The zero-order chi connectivity index (χ0) is 15.8. The van der Waals surface area contributed by atoms with Crippen LogP contribution in [-0.4, -0.2) is 32.6 Å². The first kappa shape index (κ1) is 14.5. The molecule has 1 fully saturated rings. The average Bonchev–Trinajstić information content (AvgIpc) is 3.28. The van der Waals surface area contributed by atoms with E-state index >= 15 is 0 Å². The Morgan fingerprint density at radius 2 is 2.04 bits per heavy atom. The number of imidazole rings is 1. The van der Waals surface area contributed by atoms with Gasteiger partial charge in [-0.2, -0.15) is 0 Å². The van der Waals surface area contributed by atoms with E-state index in [0.29, 0.717) is 11.7 Å². The zero-order valence-corrected chi connectivity index (χ0v) is 13.3. The minimum Gasteiger partial charge on any atom is -0.462 e. The van der Waals surface area contributed by atoms with Crippen LogP contribution in [0, 0.1) is 0 Å². The largest absolute Gasteiger partial charge is 0.462 e. The smallest absolute Gasteiger partial charge is 0.129 e. The molecule has 1 aromatic carbocycles. The minimum atomic E-state index is -0.0392. The van der Waals surface area contributed by atoms with Gasteiger partial charge in [0.2, 0.25) is 0 Å². The lowest BCUT2D eigenvalue weighted by Gasteiger charge is -2.14. The van der Waals surface area contributed by atoms with Crippen LogP contribution in [0.3, 0.4) is 0 Å². The lowest BCUT2D eigenvalue weighted by Crippen LogP contribution is -2.20. The van der Waals surface area contributed by atoms with Crippen LogP contribution in [0.25, 0.3) is 11.0 Å². The molecule has 1 unspecified atom stereocenters. The standard InChI is InChI=1S/C18H21N3O2/c1-20-17-5-3-2-4-16(17)19-18(20)13-8-9-21(10-13)11-14-6-7-15(12-22)23-14/h2-7,13,22H,8-12H2,1H3. The lowest BCUT2D eigenvalue weighted by molar-refractivity contribution is 0.232. The van der Waals surface area contributed by atoms with Crippen LogP contribution in [0.4, 0.5) is 0 Å². The molecule has 1 saturated heterocycles. The van der Waals surface area contributed by atoms with E-state index in [1.165, 1.54) is 11.3 Å². The molecule has 2 aromatic heterocycles. The van der Waals surface area contributed by atoms with Crippen molar-refractivity contribution < 1.29 is 9.52 Å². The molecule has 23 heavy (non-hydrogen) atoms. The van der Waals surface area contributed by atoms with Crippen molar-refractivity contribution in [2.75, 3.05) is 13.1 Å². The van der Waals surface area contributed by atoms with Crippen molar-refractivity contribution in [3.05, 3.63) is 53.7 Å². The summed E-state index contributed by atoms with van der Waals surface area (Å²) in [7, 11) is 2.10. The number of benzene rings is 1.